The van der Waals surface area contributed by atoms with Gasteiger partial charge in [-0.05, 0) is 0 Å². The first-order valence-corrected chi connectivity index (χ1v) is 2.75. The van der Waals surface area contributed by atoms with Crippen molar-refractivity contribution in [2.24, 2.45) is 0 Å². The normalized spacial score (nSPS) is 15.5. The minimum atomic E-state index is -3.98. The van der Waals surface area contributed by atoms with E-state index in [0.29, 0.717) is 0 Å². The summed E-state index contributed by atoms with van der Waals surface area (Å²) in [5, 5.41) is 0. The monoisotopic (exact) mass is 180 g/mol. The number of hydrogen-bond acceptors (Lipinski definition) is 0. The lowest BCUT2D eigenvalue weighted by atomic mass is 10.2. The van der Waals surface area contributed by atoms with Crippen LogP contribution in [0.25, 0.3) is 0 Å². The summed E-state index contributed by atoms with van der Waals surface area (Å²) in [4.78, 5) is 0. The molecule has 0 nitrogen and oxygen atoms in total. The molecule has 0 aromatic carbocycles. The Bertz CT molecular complexity index is 112. The van der Waals surface area contributed by atoms with E-state index in [9.17, 15) is 26.3 Å². The molecule has 0 heterocycles. The third-order valence-electron chi connectivity index (χ3n) is 0.963. The first kappa shape index (κ1) is 10.6. The molecule has 0 radical (unpaired) electrons. The van der Waals surface area contributed by atoms with Crippen molar-refractivity contribution in [2.45, 2.75) is 24.9 Å². The fourth-order valence-electron chi connectivity index (χ4n) is 0.429. The van der Waals surface area contributed by atoms with Gasteiger partial charge < -0.3 is 0 Å². The van der Waals surface area contributed by atoms with Crippen molar-refractivity contribution >= 4 is 0 Å². The Hall–Kier alpha value is -0.420. The van der Waals surface area contributed by atoms with Crippen LogP contribution >= 0.6 is 0 Å². The summed E-state index contributed by atoms with van der Waals surface area (Å²) in [5.41, 5.74) is 0. The molecule has 1 unspecified atom stereocenters. The van der Waals surface area contributed by atoms with Crippen molar-refractivity contribution < 1.29 is 26.3 Å². The van der Waals surface area contributed by atoms with Gasteiger partial charge in [0.05, 0.1) is 6.42 Å². The van der Waals surface area contributed by atoms with Crippen molar-refractivity contribution in [2.75, 3.05) is 6.67 Å². The van der Waals surface area contributed by atoms with E-state index in [1.165, 1.54) is 0 Å². The largest absolute Gasteiger partial charge is 0.278 e. The van der Waals surface area contributed by atoms with Gasteiger partial charge in [-0.1, -0.05) is 0 Å². The highest BCUT2D eigenvalue weighted by Crippen LogP contribution is 2.25. The fraction of sp³-hybridized carbons (Fsp3) is 1.00. The second-order valence-electron chi connectivity index (χ2n) is 2.04. The molecular weight excluding hydrogens is 174 g/mol. The summed E-state index contributed by atoms with van der Waals surface area (Å²) < 4.78 is 69.2. The van der Waals surface area contributed by atoms with Gasteiger partial charge in [-0.2, -0.15) is 0 Å². The third-order valence-corrected chi connectivity index (χ3v) is 0.963. The highest BCUT2D eigenvalue weighted by atomic mass is 19.3. The van der Waals surface area contributed by atoms with E-state index in [2.05, 4.69) is 0 Å². The van der Waals surface area contributed by atoms with Crippen molar-refractivity contribution in [3.63, 3.8) is 0 Å². The molecule has 0 aromatic rings. The molecule has 0 fully saturated rings. The maximum Gasteiger partial charge on any atom is 0.278 e. The van der Waals surface area contributed by atoms with Gasteiger partial charge in [-0.3, -0.25) is 0 Å². The molecule has 0 aromatic heterocycles. The lowest BCUT2D eigenvalue weighted by Crippen LogP contribution is -2.27. The topological polar surface area (TPSA) is 0 Å². The zero-order chi connectivity index (χ0) is 9.07. The SMILES string of the molecule is FCC(F)(F)CC(F)C(F)F. The van der Waals surface area contributed by atoms with E-state index in [4.69, 9.17) is 0 Å². The Kier molecular flexibility index (Phi) is 3.68. The van der Waals surface area contributed by atoms with Gasteiger partial charge in [0.15, 0.2) is 12.8 Å². The molecule has 0 saturated heterocycles. The van der Waals surface area contributed by atoms with Crippen LogP contribution in [0.5, 0.6) is 0 Å². The Balaban J connectivity index is 3.83. The van der Waals surface area contributed by atoms with Gasteiger partial charge >= 0.3 is 0 Å². The zero-order valence-corrected chi connectivity index (χ0v) is 5.34. The molecule has 0 aliphatic carbocycles. The number of halogens is 6. The molecule has 11 heavy (non-hydrogen) atoms. The lowest BCUT2D eigenvalue weighted by Gasteiger charge is -2.14. The summed E-state index contributed by atoms with van der Waals surface area (Å²) in [6, 6.07) is 0. The minimum absolute atomic E-state index is 1.76. The maximum absolute atomic E-state index is 11.8. The van der Waals surface area contributed by atoms with Gasteiger partial charge in [-0.25, -0.2) is 26.3 Å². The van der Waals surface area contributed by atoms with E-state index < -0.39 is 31.6 Å². The van der Waals surface area contributed by atoms with Crippen LogP contribution in [0.1, 0.15) is 6.42 Å². The van der Waals surface area contributed by atoms with Gasteiger partial charge in [0, 0.05) is 0 Å². The minimum Gasteiger partial charge on any atom is -0.244 e. The Morgan fingerprint density at radius 2 is 1.55 bits per heavy atom. The van der Waals surface area contributed by atoms with Crippen molar-refractivity contribution in [1.82, 2.24) is 0 Å². The van der Waals surface area contributed by atoms with E-state index in [-0.39, 0.29) is 0 Å². The summed E-state index contributed by atoms with van der Waals surface area (Å²) in [6.07, 6.45) is -8.20. The van der Waals surface area contributed by atoms with Crippen LogP contribution in [0, 0.1) is 0 Å². The first-order valence-electron chi connectivity index (χ1n) is 2.75. The standard InChI is InChI=1S/C5H6F6/c6-2-5(10,11)1-3(7)4(8)9/h3-4H,1-2H2. The highest BCUT2D eigenvalue weighted by molar-refractivity contribution is 4.71. The van der Waals surface area contributed by atoms with Gasteiger partial charge in [-0.15, -0.1) is 0 Å². The lowest BCUT2D eigenvalue weighted by molar-refractivity contribution is -0.0737. The number of alkyl halides is 6. The molecule has 0 aliphatic rings. The van der Waals surface area contributed by atoms with Crippen LogP contribution in [-0.2, 0) is 0 Å². The summed E-state index contributed by atoms with van der Waals surface area (Å²) in [6.45, 7) is -2.11. The summed E-state index contributed by atoms with van der Waals surface area (Å²) in [7, 11) is 0. The molecule has 0 N–H and O–H groups in total. The molecule has 0 saturated carbocycles. The molecule has 0 rings (SSSR count). The highest BCUT2D eigenvalue weighted by Gasteiger charge is 2.36. The van der Waals surface area contributed by atoms with Gasteiger partial charge in [0.25, 0.3) is 12.3 Å². The van der Waals surface area contributed by atoms with Crippen molar-refractivity contribution in [1.29, 1.82) is 0 Å². The van der Waals surface area contributed by atoms with Gasteiger partial charge in [0.2, 0.25) is 0 Å². The molecule has 1 atom stereocenters. The van der Waals surface area contributed by atoms with Crippen molar-refractivity contribution in [3.05, 3.63) is 0 Å². The van der Waals surface area contributed by atoms with Crippen LogP contribution in [-0.4, -0.2) is 25.2 Å². The Labute approximate surface area is 59.2 Å². The van der Waals surface area contributed by atoms with E-state index >= 15 is 0 Å². The second-order valence-corrected chi connectivity index (χ2v) is 2.04. The summed E-state index contributed by atoms with van der Waals surface area (Å²) >= 11 is 0. The van der Waals surface area contributed by atoms with Crippen molar-refractivity contribution in [3.8, 4) is 0 Å². The predicted molar refractivity (Wildman–Crippen MR) is 26.4 cm³/mol. The van der Waals surface area contributed by atoms with Gasteiger partial charge in [0.1, 0.15) is 0 Å². The molecule has 0 aliphatic heterocycles. The predicted octanol–water partition coefficient (Wildman–Crippen LogP) is 2.58. The quantitative estimate of drug-likeness (QED) is 0.583. The second kappa shape index (κ2) is 3.82. The maximum atomic E-state index is 11.8. The van der Waals surface area contributed by atoms with Crippen LogP contribution < -0.4 is 0 Å². The van der Waals surface area contributed by atoms with Crippen LogP contribution in [0.4, 0.5) is 26.3 Å². The molecule has 68 valence electrons. The molecular formula is C5H6F6. The molecule has 0 bridgehead atoms. The first-order chi connectivity index (χ1) is 4.89. The van der Waals surface area contributed by atoms with Crippen LogP contribution in [0.2, 0.25) is 0 Å². The zero-order valence-electron chi connectivity index (χ0n) is 5.34. The molecule has 6 heteroatoms. The van der Waals surface area contributed by atoms with E-state index in [0.717, 1.165) is 0 Å². The summed E-state index contributed by atoms with van der Waals surface area (Å²) in [5.74, 6) is -3.98. The van der Waals surface area contributed by atoms with Crippen LogP contribution in [0.15, 0.2) is 0 Å². The third kappa shape index (κ3) is 4.10. The Morgan fingerprint density at radius 3 is 1.82 bits per heavy atom. The Morgan fingerprint density at radius 1 is 1.09 bits per heavy atom. The smallest absolute Gasteiger partial charge is 0.244 e. The average molecular weight is 180 g/mol. The van der Waals surface area contributed by atoms with E-state index in [1.54, 1.807) is 0 Å². The average Bonchev–Trinajstić information content (AvgIpc) is 1.87. The van der Waals surface area contributed by atoms with Crippen LogP contribution in [0.3, 0.4) is 0 Å². The number of hydrogen-bond donors (Lipinski definition) is 0. The fourth-order valence-corrected chi connectivity index (χ4v) is 0.429. The molecule has 0 amide bonds. The number of rotatable bonds is 4. The van der Waals surface area contributed by atoms with E-state index in [1.807, 2.05) is 0 Å². The molecule has 0 spiro atoms.